The average molecular weight is 341 g/mol. The maximum atomic E-state index is 2.80. The van der Waals surface area contributed by atoms with Crippen molar-refractivity contribution < 1.29 is 0 Å². The molecule has 1 spiro atoms. The van der Waals surface area contributed by atoms with Gasteiger partial charge in [0.05, 0.1) is 0 Å². The topological polar surface area (TPSA) is 6.48 Å². The van der Waals surface area contributed by atoms with Crippen molar-refractivity contribution in [2.24, 2.45) is 5.92 Å². The first-order valence-electron chi connectivity index (χ1n) is 10.7. The van der Waals surface area contributed by atoms with Gasteiger partial charge in [-0.1, -0.05) is 56.4 Å². The fourth-order valence-electron chi connectivity index (χ4n) is 5.80. The van der Waals surface area contributed by atoms with Crippen molar-refractivity contribution in [1.82, 2.24) is 9.80 Å². The van der Waals surface area contributed by atoms with Gasteiger partial charge in [-0.3, -0.25) is 0 Å². The molecule has 1 aliphatic carbocycles. The van der Waals surface area contributed by atoms with Crippen LogP contribution in [0.25, 0.3) is 0 Å². The van der Waals surface area contributed by atoms with Gasteiger partial charge in [0, 0.05) is 25.0 Å². The Hall–Kier alpha value is -0.860. The van der Waals surface area contributed by atoms with E-state index in [0.29, 0.717) is 5.41 Å². The Kier molecular flexibility index (Phi) is 5.47. The van der Waals surface area contributed by atoms with E-state index in [0.717, 1.165) is 12.5 Å². The van der Waals surface area contributed by atoms with Crippen LogP contribution in [0.5, 0.6) is 0 Å². The summed E-state index contributed by atoms with van der Waals surface area (Å²) >= 11 is 0. The van der Waals surface area contributed by atoms with Crippen LogP contribution < -0.4 is 0 Å². The van der Waals surface area contributed by atoms with E-state index in [1.54, 1.807) is 11.1 Å². The van der Waals surface area contributed by atoms with E-state index in [4.69, 9.17) is 0 Å². The lowest BCUT2D eigenvalue weighted by Gasteiger charge is -2.48. The monoisotopic (exact) mass is 340 g/mol. The molecule has 0 N–H and O–H groups in total. The standard InChI is InChI=1S/C23H36N2/c1-24-18-21-11-7-8-12-22(21)23(19-24)13-15-25(16-14-23)17-20-9-5-3-2-4-6-10-20/h7-8,11-12,20H,2-6,9-10,13-19H2,1H3. The number of hydrogen-bond donors (Lipinski definition) is 0. The van der Waals surface area contributed by atoms with Gasteiger partial charge in [-0.25, -0.2) is 0 Å². The Labute approximate surface area is 154 Å². The lowest BCUT2D eigenvalue weighted by molar-refractivity contribution is 0.0964. The molecule has 0 atom stereocenters. The minimum atomic E-state index is 0.418. The molecular formula is C23H36N2. The Bertz CT molecular complexity index is 551. The maximum Gasteiger partial charge on any atom is 0.0234 e. The van der Waals surface area contributed by atoms with E-state index in [2.05, 4.69) is 41.1 Å². The van der Waals surface area contributed by atoms with Gasteiger partial charge < -0.3 is 9.80 Å². The molecular weight excluding hydrogens is 304 g/mol. The molecule has 1 aromatic carbocycles. The Morgan fingerprint density at radius 1 is 0.960 bits per heavy atom. The fourth-order valence-corrected chi connectivity index (χ4v) is 5.80. The van der Waals surface area contributed by atoms with Crippen LogP contribution in [0.2, 0.25) is 0 Å². The van der Waals surface area contributed by atoms with Crippen LogP contribution in [0, 0.1) is 5.92 Å². The molecule has 1 saturated carbocycles. The number of rotatable bonds is 2. The van der Waals surface area contributed by atoms with Gasteiger partial charge in [-0.05, 0) is 62.9 Å². The van der Waals surface area contributed by atoms with Crippen LogP contribution in [0.3, 0.4) is 0 Å². The molecule has 2 aliphatic heterocycles. The molecule has 2 fully saturated rings. The highest BCUT2D eigenvalue weighted by molar-refractivity contribution is 5.37. The lowest BCUT2D eigenvalue weighted by Crippen LogP contribution is -2.51. The summed E-state index contributed by atoms with van der Waals surface area (Å²) in [6.07, 6.45) is 13.0. The molecule has 2 heteroatoms. The molecule has 0 aromatic heterocycles. The second-order valence-electron chi connectivity index (χ2n) is 9.12. The van der Waals surface area contributed by atoms with Gasteiger partial charge in [-0.2, -0.15) is 0 Å². The van der Waals surface area contributed by atoms with Crippen LogP contribution in [0.15, 0.2) is 24.3 Å². The SMILES string of the molecule is CN1Cc2ccccc2C2(CCN(CC3CCCCCCC3)CC2)C1. The number of fused-ring (bicyclic) bond motifs is 2. The van der Waals surface area contributed by atoms with Crippen LogP contribution in [-0.4, -0.2) is 43.0 Å². The summed E-state index contributed by atoms with van der Waals surface area (Å²) in [4.78, 5) is 5.35. The number of nitrogens with zero attached hydrogens (tertiary/aromatic N) is 2. The smallest absolute Gasteiger partial charge is 0.0234 e. The second kappa shape index (κ2) is 7.80. The zero-order valence-electron chi connectivity index (χ0n) is 16.2. The zero-order valence-corrected chi connectivity index (χ0v) is 16.2. The molecule has 2 heterocycles. The molecule has 3 aliphatic rings. The summed E-state index contributed by atoms with van der Waals surface area (Å²) in [5.41, 5.74) is 3.66. The molecule has 0 amide bonds. The number of benzene rings is 1. The summed E-state index contributed by atoms with van der Waals surface area (Å²) < 4.78 is 0. The third-order valence-corrected chi connectivity index (χ3v) is 7.16. The van der Waals surface area contributed by atoms with Gasteiger partial charge >= 0.3 is 0 Å². The molecule has 25 heavy (non-hydrogen) atoms. The van der Waals surface area contributed by atoms with Gasteiger partial charge in [0.15, 0.2) is 0 Å². The molecule has 138 valence electrons. The van der Waals surface area contributed by atoms with Gasteiger partial charge in [0.25, 0.3) is 0 Å². The van der Waals surface area contributed by atoms with Crippen molar-refractivity contribution in [3.63, 3.8) is 0 Å². The first kappa shape index (κ1) is 17.5. The van der Waals surface area contributed by atoms with Crippen molar-refractivity contribution in [1.29, 1.82) is 0 Å². The van der Waals surface area contributed by atoms with Gasteiger partial charge in [-0.15, -0.1) is 0 Å². The van der Waals surface area contributed by atoms with Crippen molar-refractivity contribution in [2.45, 2.75) is 69.7 Å². The Balaban J connectivity index is 1.39. The van der Waals surface area contributed by atoms with Crippen LogP contribution in [0.1, 0.15) is 68.9 Å². The number of likely N-dealkylation sites (N-methyl/N-ethyl adjacent to an activating group) is 1. The van der Waals surface area contributed by atoms with E-state index in [-0.39, 0.29) is 0 Å². The number of hydrogen-bond acceptors (Lipinski definition) is 2. The van der Waals surface area contributed by atoms with Crippen molar-refractivity contribution in [3.05, 3.63) is 35.4 Å². The summed E-state index contributed by atoms with van der Waals surface area (Å²) in [6, 6.07) is 9.25. The molecule has 4 rings (SSSR count). The predicted molar refractivity (Wildman–Crippen MR) is 106 cm³/mol. The van der Waals surface area contributed by atoms with Crippen LogP contribution in [0.4, 0.5) is 0 Å². The molecule has 1 saturated heterocycles. The largest absolute Gasteiger partial charge is 0.303 e. The fraction of sp³-hybridized carbons (Fsp3) is 0.739. The third kappa shape index (κ3) is 3.95. The van der Waals surface area contributed by atoms with Crippen molar-refractivity contribution in [3.8, 4) is 0 Å². The highest BCUT2D eigenvalue weighted by Crippen LogP contribution is 2.41. The quantitative estimate of drug-likeness (QED) is 0.761. The van der Waals surface area contributed by atoms with Gasteiger partial charge in [0.1, 0.15) is 0 Å². The number of likely N-dealkylation sites (tertiary alicyclic amines) is 1. The Morgan fingerprint density at radius 3 is 2.40 bits per heavy atom. The van der Waals surface area contributed by atoms with Crippen molar-refractivity contribution >= 4 is 0 Å². The molecule has 0 radical (unpaired) electrons. The average Bonchev–Trinajstić information content (AvgIpc) is 2.59. The first-order valence-corrected chi connectivity index (χ1v) is 10.7. The minimum absolute atomic E-state index is 0.418. The third-order valence-electron chi connectivity index (χ3n) is 7.16. The zero-order chi connectivity index (χ0) is 17.1. The highest BCUT2D eigenvalue weighted by atomic mass is 15.2. The lowest BCUT2D eigenvalue weighted by atomic mass is 9.69. The summed E-state index contributed by atoms with van der Waals surface area (Å²) in [7, 11) is 2.30. The van der Waals surface area contributed by atoms with Crippen molar-refractivity contribution in [2.75, 3.05) is 33.2 Å². The van der Waals surface area contributed by atoms with Gasteiger partial charge in [0.2, 0.25) is 0 Å². The maximum absolute atomic E-state index is 2.80. The number of piperidine rings is 1. The van der Waals surface area contributed by atoms with Crippen LogP contribution in [-0.2, 0) is 12.0 Å². The normalized spacial score (nSPS) is 26.1. The van der Waals surface area contributed by atoms with E-state index < -0.39 is 0 Å². The summed E-state index contributed by atoms with van der Waals surface area (Å²) in [5.74, 6) is 0.968. The predicted octanol–water partition coefficient (Wildman–Crippen LogP) is 4.83. The summed E-state index contributed by atoms with van der Waals surface area (Å²) in [6.45, 7) is 6.36. The van der Waals surface area contributed by atoms with E-state index in [9.17, 15) is 0 Å². The molecule has 2 nitrogen and oxygen atoms in total. The molecule has 1 aromatic rings. The van der Waals surface area contributed by atoms with E-state index in [1.165, 1.54) is 84.0 Å². The highest BCUT2D eigenvalue weighted by Gasteiger charge is 2.41. The van der Waals surface area contributed by atoms with E-state index in [1.807, 2.05) is 0 Å². The van der Waals surface area contributed by atoms with E-state index >= 15 is 0 Å². The molecule has 0 bridgehead atoms. The molecule has 0 unspecified atom stereocenters. The minimum Gasteiger partial charge on any atom is -0.303 e. The summed E-state index contributed by atoms with van der Waals surface area (Å²) in [5, 5.41) is 0. The second-order valence-corrected chi connectivity index (χ2v) is 9.12. The van der Waals surface area contributed by atoms with Crippen LogP contribution >= 0.6 is 0 Å². The Morgan fingerprint density at radius 2 is 1.64 bits per heavy atom. The first-order chi connectivity index (χ1) is 12.3.